The maximum atomic E-state index is 12.3. The Balaban J connectivity index is 1.98. The molecule has 1 amide bonds. The number of ether oxygens (including phenoxy) is 1. The fraction of sp³-hybridized carbons (Fsp3) is 0.333. The molecular formula is C18H22N2O2. The predicted octanol–water partition coefficient (Wildman–Crippen LogP) is 3.17. The first-order valence-electron chi connectivity index (χ1n) is 7.50. The second kappa shape index (κ2) is 7.59. The molecule has 0 spiro atoms. The van der Waals surface area contributed by atoms with Crippen molar-refractivity contribution >= 4 is 5.91 Å². The van der Waals surface area contributed by atoms with Gasteiger partial charge in [0.15, 0.2) is 6.10 Å². The van der Waals surface area contributed by atoms with Gasteiger partial charge in [-0.2, -0.15) is 0 Å². The third kappa shape index (κ3) is 4.32. The van der Waals surface area contributed by atoms with Crippen LogP contribution in [0.1, 0.15) is 30.0 Å². The lowest BCUT2D eigenvalue weighted by molar-refractivity contribution is -0.128. The van der Waals surface area contributed by atoms with Gasteiger partial charge in [-0.15, -0.1) is 0 Å². The first-order valence-corrected chi connectivity index (χ1v) is 7.50. The molecular weight excluding hydrogens is 276 g/mol. The van der Waals surface area contributed by atoms with Crippen molar-refractivity contribution in [2.75, 3.05) is 0 Å². The maximum absolute atomic E-state index is 12.3. The van der Waals surface area contributed by atoms with Gasteiger partial charge in [0.25, 0.3) is 5.91 Å². The molecule has 0 radical (unpaired) electrons. The van der Waals surface area contributed by atoms with E-state index in [1.165, 1.54) is 0 Å². The van der Waals surface area contributed by atoms with Crippen molar-refractivity contribution in [2.24, 2.45) is 0 Å². The van der Waals surface area contributed by atoms with Gasteiger partial charge in [0.2, 0.25) is 0 Å². The molecule has 0 aliphatic carbocycles. The first-order chi connectivity index (χ1) is 10.6. The van der Waals surface area contributed by atoms with Crippen LogP contribution in [0.3, 0.4) is 0 Å². The summed E-state index contributed by atoms with van der Waals surface area (Å²) in [6.45, 7) is 6.42. The minimum Gasteiger partial charge on any atom is -0.480 e. The van der Waals surface area contributed by atoms with Crippen LogP contribution in [0.15, 0.2) is 42.7 Å². The molecule has 1 aromatic heterocycles. The van der Waals surface area contributed by atoms with Crippen molar-refractivity contribution in [1.29, 1.82) is 0 Å². The summed E-state index contributed by atoms with van der Waals surface area (Å²) in [4.78, 5) is 16.3. The molecule has 0 aliphatic rings. The number of nitrogens with zero attached hydrogens (tertiary/aromatic N) is 1. The molecule has 2 rings (SSSR count). The van der Waals surface area contributed by atoms with Gasteiger partial charge < -0.3 is 10.1 Å². The standard InChI is InChI=1S/C18H22N2O2/c1-4-16(22-17-11-13(2)5-6-14(17)3)18(21)20-12-15-7-9-19-10-8-15/h5-11,16H,4,12H2,1-3H3,(H,20,21)/t16-/m1/s1. The summed E-state index contributed by atoms with van der Waals surface area (Å²) in [5.74, 6) is 0.672. The summed E-state index contributed by atoms with van der Waals surface area (Å²) in [6.07, 6.45) is 3.56. The Morgan fingerprint density at radius 3 is 2.64 bits per heavy atom. The van der Waals surface area contributed by atoms with E-state index >= 15 is 0 Å². The van der Waals surface area contributed by atoms with Crippen LogP contribution in [-0.4, -0.2) is 17.0 Å². The van der Waals surface area contributed by atoms with E-state index in [1.807, 2.05) is 51.1 Å². The van der Waals surface area contributed by atoms with E-state index in [1.54, 1.807) is 12.4 Å². The number of aryl methyl sites for hydroxylation is 2. The highest BCUT2D eigenvalue weighted by Crippen LogP contribution is 2.21. The smallest absolute Gasteiger partial charge is 0.261 e. The van der Waals surface area contributed by atoms with Gasteiger partial charge >= 0.3 is 0 Å². The van der Waals surface area contributed by atoms with Crippen LogP contribution in [0, 0.1) is 13.8 Å². The molecule has 4 heteroatoms. The largest absolute Gasteiger partial charge is 0.480 e. The van der Waals surface area contributed by atoms with E-state index in [0.717, 1.165) is 22.4 Å². The highest BCUT2D eigenvalue weighted by atomic mass is 16.5. The molecule has 116 valence electrons. The zero-order valence-corrected chi connectivity index (χ0v) is 13.3. The van der Waals surface area contributed by atoms with Crippen molar-refractivity contribution in [3.8, 4) is 5.75 Å². The number of carbonyl (C=O) groups excluding carboxylic acids is 1. The molecule has 1 heterocycles. The third-order valence-corrected chi connectivity index (χ3v) is 3.49. The van der Waals surface area contributed by atoms with Gasteiger partial charge in [0.05, 0.1) is 0 Å². The minimum atomic E-state index is -0.484. The van der Waals surface area contributed by atoms with Crippen LogP contribution in [0.5, 0.6) is 5.75 Å². The van der Waals surface area contributed by atoms with E-state index in [0.29, 0.717) is 13.0 Å². The first kappa shape index (κ1) is 16.0. The summed E-state index contributed by atoms with van der Waals surface area (Å²) in [5.41, 5.74) is 3.17. The zero-order valence-electron chi connectivity index (χ0n) is 13.3. The molecule has 0 fully saturated rings. The lowest BCUT2D eigenvalue weighted by atomic mass is 10.1. The highest BCUT2D eigenvalue weighted by molar-refractivity contribution is 5.81. The van der Waals surface area contributed by atoms with E-state index in [9.17, 15) is 4.79 Å². The van der Waals surface area contributed by atoms with E-state index < -0.39 is 6.10 Å². The minimum absolute atomic E-state index is 0.0970. The highest BCUT2D eigenvalue weighted by Gasteiger charge is 2.18. The fourth-order valence-electron chi connectivity index (χ4n) is 2.11. The summed E-state index contributed by atoms with van der Waals surface area (Å²) < 4.78 is 5.90. The predicted molar refractivity (Wildman–Crippen MR) is 86.7 cm³/mol. The van der Waals surface area contributed by atoms with Crippen molar-refractivity contribution in [2.45, 2.75) is 39.8 Å². The van der Waals surface area contributed by atoms with Gasteiger partial charge in [-0.05, 0) is 55.2 Å². The second-order valence-corrected chi connectivity index (χ2v) is 5.36. The van der Waals surface area contributed by atoms with Gasteiger partial charge in [-0.1, -0.05) is 19.1 Å². The summed E-state index contributed by atoms with van der Waals surface area (Å²) in [7, 11) is 0. The summed E-state index contributed by atoms with van der Waals surface area (Å²) in [5, 5.41) is 2.91. The topological polar surface area (TPSA) is 51.2 Å². The average Bonchev–Trinajstić information content (AvgIpc) is 2.54. The Hall–Kier alpha value is -2.36. The molecule has 0 bridgehead atoms. The van der Waals surface area contributed by atoms with Crippen LogP contribution in [0.4, 0.5) is 0 Å². The molecule has 0 saturated heterocycles. The zero-order chi connectivity index (χ0) is 15.9. The Morgan fingerprint density at radius 2 is 1.95 bits per heavy atom. The molecule has 2 aromatic rings. The Morgan fingerprint density at radius 1 is 1.23 bits per heavy atom. The molecule has 4 nitrogen and oxygen atoms in total. The summed E-state index contributed by atoms with van der Waals surface area (Å²) in [6, 6.07) is 9.77. The van der Waals surface area contributed by atoms with Crippen LogP contribution in [0.2, 0.25) is 0 Å². The van der Waals surface area contributed by atoms with Crippen molar-refractivity contribution < 1.29 is 9.53 Å². The monoisotopic (exact) mass is 298 g/mol. The normalized spacial score (nSPS) is 11.8. The number of hydrogen-bond donors (Lipinski definition) is 1. The Bertz CT molecular complexity index is 626. The van der Waals surface area contributed by atoms with Crippen LogP contribution in [-0.2, 0) is 11.3 Å². The number of pyridine rings is 1. The Labute approximate surface area is 131 Å². The average molecular weight is 298 g/mol. The lowest BCUT2D eigenvalue weighted by Gasteiger charge is -2.19. The van der Waals surface area contributed by atoms with Crippen LogP contribution < -0.4 is 10.1 Å². The van der Waals surface area contributed by atoms with Crippen molar-refractivity contribution in [3.05, 3.63) is 59.4 Å². The third-order valence-electron chi connectivity index (χ3n) is 3.49. The van der Waals surface area contributed by atoms with Crippen molar-refractivity contribution in [3.63, 3.8) is 0 Å². The van der Waals surface area contributed by atoms with Gasteiger partial charge in [0.1, 0.15) is 5.75 Å². The molecule has 0 aliphatic heterocycles. The summed E-state index contributed by atoms with van der Waals surface area (Å²) >= 11 is 0. The van der Waals surface area contributed by atoms with Gasteiger partial charge in [-0.25, -0.2) is 0 Å². The number of benzene rings is 1. The molecule has 22 heavy (non-hydrogen) atoms. The fourth-order valence-corrected chi connectivity index (χ4v) is 2.11. The SMILES string of the molecule is CC[C@@H](Oc1cc(C)ccc1C)C(=O)NCc1ccncc1. The van der Waals surface area contributed by atoms with Crippen LogP contribution >= 0.6 is 0 Å². The van der Waals surface area contributed by atoms with Gasteiger partial charge in [-0.3, -0.25) is 9.78 Å². The molecule has 0 saturated carbocycles. The lowest BCUT2D eigenvalue weighted by Crippen LogP contribution is -2.37. The number of nitrogens with one attached hydrogen (secondary N) is 1. The number of rotatable bonds is 6. The maximum Gasteiger partial charge on any atom is 0.261 e. The van der Waals surface area contributed by atoms with E-state index in [2.05, 4.69) is 10.3 Å². The van der Waals surface area contributed by atoms with E-state index in [4.69, 9.17) is 4.74 Å². The molecule has 0 unspecified atom stereocenters. The number of amides is 1. The molecule has 1 aromatic carbocycles. The molecule has 1 N–H and O–H groups in total. The number of hydrogen-bond acceptors (Lipinski definition) is 3. The van der Waals surface area contributed by atoms with Crippen molar-refractivity contribution in [1.82, 2.24) is 10.3 Å². The second-order valence-electron chi connectivity index (χ2n) is 5.36. The van der Waals surface area contributed by atoms with E-state index in [-0.39, 0.29) is 5.91 Å². The van der Waals surface area contributed by atoms with Gasteiger partial charge in [0, 0.05) is 18.9 Å². The molecule has 1 atom stereocenters. The van der Waals surface area contributed by atoms with Crippen LogP contribution in [0.25, 0.3) is 0 Å². The number of carbonyl (C=O) groups is 1. The number of aromatic nitrogens is 1. The Kier molecular flexibility index (Phi) is 5.53. The quantitative estimate of drug-likeness (QED) is 0.891.